The summed E-state index contributed by atoms with van der Waals surface area (Å²) in [7, 11) is 0. The van der Waals surface area contributed by atoms with Gasteiger partial charge in [0, 0.05) is 11.9 Å². The maximum atomic E-state index is 12.1. The first-order valence-corrected chi connectivity index (χ1v) is 7.69. The predicted octanol–water partition coefficient (Wildman–Crippen LogP) is 3.72. The van der Waals surface area contributed by atoms with Crippen LogP contribution in [0, 0.1) is 5.92 Å². The minimum atomic E-state index is -0.342. The van der Waals surface area contributed by atoms with E-state index >= 15 is 0 Å². The van der Waals surface area contributed by atoms with Gasteiger partial charge in [-0.05, 0) is 30.9 Å². The van der Waals surface area contributed by atoms with E-state index in [9.17, 15) is 4.79 Å². The molecule has 1 fully saturated rings. The van der Waals surface area contributed by atoms with E-state index in [0.29, 0.717) is 17.0 Å². The molecule has 4 heteroatoms. The Morgan fingerprint density at radius 2 is 2.00 bits per heavy atom. The lowest BCUT2D eigenvalue weighted by atomic mass is 9.89. The molecule has 108 valence electrons. The van der Waals surface area contributed by atoms with Crippen molar-refractivity contribution in [2.24, 2.45) is 5.92 Å². The molecule has 0 bridgehead atoms. The number of fused-ring (bicyclic) bond motifs is 3. The summed E-state index contributed by atoms with van der Waals surface area (Å²) in [5, 5.41) is 0.973. The fraction of sp³-hybridized carbons (Fsp3) is 0.412. The molecule has 0 radical (unpaired) electrons. The molecule has 0 N–H and O–H groups in total. The van der Waals surface area contributed by atoms with Gasteiger partial charge in [-0.25, -0.2) is 9.78 Å². The molecule has 1 aromatic carbocycles. The third-order valence-electron chi connectivity index (χ3n) is 4.56. The van der Waals surface area contributed by atoms with E-state index in [-0.39, 0.29) is 5.63 Å². The molecule has 1 aliphatic carbocycles. The van der Waals surface area contributed by atoms with Crippen LogP contribution in [0.25, 0.3) is 22.0 Å². The lowest BCUT2D eigenvalue weighted by molar-refractivity contribution is 0.322. The Bertz CT molecular complexity index is 841. The van der Waals surface area contributed by atoms with E-state index in [4.69, 9.17) is 4.42 Å². The van der Waals surface area contributed by atoms with Gasteiger partial charge >= 0.3 is 5.63 Å². The standard InChI is InChI=1S/C17H18N2O2/c20-17-15-16(13-8-4-5-9-14(13)21-17)19(11-18-15)10-12-6-2-1-3-7-12/h4-5,8-9,11-12H,1-3,6-7,10H2. The van der Waals surface area contributed by atoms with Gasteiger partial charge in [0.25, 0.3) is 0 Å². The van der Waals surface area contributed by atoms with Crippen molar-refractivity contribution >= 4 is 22.0 Å². The third kappa shape index (κ3) is 2.15. The summed E-state index contributed by atoms with van der Waals surface area (Å²) >= 11 is 0. The van der Waals surface area contributed by atoms with Crippen LogP contribution in [0.15, 0.2) is 39.8 Å². The Morgan fingerprint density at radius 3 is 2.86 bits per heavy atom. The normalized spacial score (nSPS) is 16.8. The van der Waals surface area contributed by atoms with Crippen LogP contribution in [-0.4, -0.2) is 9.55 Å². The molecule has 1 aliphatic rings. The number of aromatic nitrogens is 2. The highest BCUT2D eigenvalue weighted by molar-refractivity contribution is 6.00. The summed E-state index contributed by atoms with van der Waals surface area (Å²) in [4.78, 5) is 16.3. The largest absolute Gasteiger partial charge is 0.421 e. The van der Waals surface area contributed by atoms with Gasteiger partial charge in [-0.2, -0.15) is 0 Å². The molecule has 0 unspecified atom stereocenters. The average molecular weight is 282 g/mol. The van der Waals surface area contributed by atoms with Crippen LogP contribution in [0.4, 0.5) is 0 Å². The third-order valence-corrected chi connectivity index (χ3v) is 4.56. The molecule has 2 aromatic heterocycles. The zero-order valence-electron chi connectivity index (χ0n) is 11.9. The van der Waals surface area contributed by atoms with Crippen LogP contribution in [-0.2, 0) is 6.54 Å². The first-order valence-electron chi connectivity index (χ1n) is 7.69. The van der Waals surface area contributed by atoms with Gasteiger partial charge < -0.3 is 8.98 Å². The molecule has 0 spiro atoms. The summed E-state index contributed by atoms with van der Waals surface area (Å²) in [6.07, 6.45) is 8.34. The van der Waals surface area contributed by atoms with Crippen molar-refractivity contribution in [2.45, 2.75) is 38.6 Å². The lowest BCUT2D eigenvalue weighted by Gasteiger charge is -2.22. The second-order valence-electron chi connectivity index (χ2n) is 5.98. The lowest BCUT2D eigenvalue weighted by Crippen LogP contribution is -2.14. The number of imidazole rings is 1. The molecule has 4 nitrogen and oxygen atoms in total. The van der Waals surface area contributed by atoms with Crippen LogP contribution in [0.5, 0.6) is 0 Å². The van der Waals surface area contributed by atoms with Gasteiger partial charge in [-0.15, -0.1) is 0 Å². The molecule has 0 aliphatic heterocycles. The van der Waals surface area contributed by atoms with Crippen molar-refractivity contribution < 1.29 is 4.42 Å². The van der Waals surface area contributed by atoms with Gasteiger partial charge in [-0.1, -0.05) is 31.4 Å². The summed E-state index contributed by atoms with van der Waals surface area (Å²) < 4.78 is 7.49. The highest BCUT2D eigenvalue weighted by Gasteiger charge is 2.18. The van der Waals surface area contributed by atoms with Crippen LogP contribution < -0.4 is 5.63 Å². The van der Waals surface area contributed by atoms with Crippen LogP contribution in [0.1, 0.15) is 32.1 Å². The van der Waals surface area contributed by atoms with Gasteiger partial charge in [0.2, 0.25) is 0 Å². The highest BCUT2D eigenvalue weighted by atomic mass is 16.4. The molecule has 0 saturated heterocycles. The molecular weight excluding hydrogens is 264 g/mol. The van der Waals surface area contributed by atoms with Crippen LogP contribution in [0.2, 0.25) is 0 Å². The van der Waals surface area contributed by atoms with Gasteiger partial charge in [0.05, 0.1) is 11.8 Å². The number of para-hydroxylation sites is 1. The molecule has 0 atom stereocenters. The first kappa shape index (κ1) is 12.6. The molecular formula is C17H18N2O2. The van der Waals surface area contributed by atoms with E-state index in [1.165, 1.54) is 32.1 Å². The number of benzene rings is 1. The number of rotatable bonds is 2. The number of hydrogen-bond acceptors (Lipinski definition) is 3. The van der Waals surface area contributed by atoms with Crippen LogP contribution >= 0.6 is 0 Å². The van der Waals surface area contributed by atoms with E-state index < -0.39 is 0 Å². The maximum Gasteiger partial charge on any atom is 0.364 e. The van der Waals surface area contributed by atoms with E-state index in [0.717, 1.165) is 17.4 Å². The molecule has 3 aromatic rings. The minimum absolute atomic E-state index is 0.342. The van der Waals surface area contributed by atoms with Crippen molar-refractivity contribution in [2.75, 3.05) is 0 Å². The summed E-state index contributed by atoms with van der Waals surface area (Å²) in [5.41, 5.74) is 1.67. The number of nitrogens with zero attached hydrogens (tertiary/aromatic N) is 2. The van der Waals surface area contributed by atoms with Gasteiger partial charge in [0.1, 0.15) is 5.58 Å². The zero-order valence-corrected chi connectivity index (χ0v) is 11.9. The minimum Gasteiger partial charge on any atom is -0.421 e. The Hall–Kier alpha value is -2.10. The quantitative estimate of drug-likeness (QED) is 0.673. The summed E-state index contributed by atoms with van der Waals surface area (Å²) in [6.45, 7) is 0.948. The van der Waals surface area contributed by atoms with E-state index in [1.807, 2.05) is 24.3 Å². The molecule has 1 saturated carbocycles. The zero-order chi connectivity index (χ0) is 14.2. The van der Waals surface area contributed by atoms with E-state index in [2.05, 4.69) is 9.55 Å². The summed E-state index contributed by atoms with van der Waals surface area (Å²) in [6, 6.07) is 7.70. The molecule has 4 rings (SSSR count). The van der Waals surface area contributed by atoms with Crippen LogP contribution in [0.3, 0.4) is 0 Å². The number of hydrogen-bond donors (Lipinski definition) is 0. The Balaban J connectivity index is 1.87. The van der Waals surface area contributed by atoms with Crippen molar-refractivity contribution in [3.05, 3.63) is 41.0 Å². The smallest absolute Gasteiger partial charge is 0.364 e. The predicted molar refractivity (Wildman–Crippen MR) is 82.4 cm³/mol. The first-order chi connectivity index (χ1) is 10.3. The molecule has 2 heterocycles. The van der Waals surface area contributed by atoms with E-state index in [1.54, 1.807) is 6.33 Å². The van der Waals surface area contributed by atoms with Gasteiger partial charge in [0.15, 0.2) is 5.52 Å². The van der Waals surface area contributed by atoms with Crippen molar-refractivity contribution in [1.82, 2.24) is 9.55 Å². The Kier molecular flexibility index (Phi) is 3.02. The molecule has 0 amide bonds. The Morgan fingerprint density at radius 1 is 1.19 bits per heavy atom. The monoisotopic (exact) mass is 282 g/mol. The summed E-state index contributed by atoms with van der Waals surface area (Å²) in [5.74, 6) is 0.696. The second kappa shape index (κ2) is 5.02. The van der Waals surface area contributed by atoms with Crippen molar-refractivity contribution in [1.29, 1.82) is 0 Å². The second-order valence-corrected chi connectivity index (χ2v) is 5.98. The fourth-order valence-corrected chi connectivity index (χ4v) is 3.50. The highest BCUT2D eigenvalue weighted by Crippen LogP contribution is 2.28. The Labute approximate surface area is 122 Å². The maximum absolute atomic E-state index is 12.1. The fourth-order valence-electron chi connectivity index (χ4n) is 3.50. The van der Waals surface area contributed by atoms with Crippen molar-refractivity contribution in [3.63, 3.8) is 0 Å². The average Bonchev–Trinajstić information content (AvgIpc) is 2.93. The van der Waals surface area contributed by atoms with Gasteiger partial charge in [-0.3, -0.25) is 0 Å². The van der Waals surface area contributed by atoms with Crippen molar-refractivity contribution in [3.8, 4) is 0 Å². The topological polar surface area (TPSA) is 48.0 Å². The molecule has 21 heavy (non-hydrogen) atoms. The SMILES string of the molecule is O=c1oc2ccccc2c2c1ncn2CC1CCCCC1.